The summed E-state index contributed by atoms with van der Waals surface area (Å²) in [4.78, 5) is 32.2. The molecule has 144 valence electrons. The summed E-state index contributed by atoms with van der Waals surface area (Å²) in [6, 6.07) is 9.37. The molecule has 5 nitrogen and oxygen atoms in total. The predicted molar refractivity (Wildman–Crippen MR) is 113 cm³/mol. The Morgan fingerprint density at radius 3 is 2.86 bits per heavy atom. The highest BCUT2D eigenvalue weighted by atomic mass is 32.2. The van der Waals surface area contributed by atoms with Gasteiger partial charge in [0.2, 0.25) is 0 Å². The molecule has 0 spiro atoms. The number of aryl methyl sites for hydroxylation is 2. The van der Waals surface area contributed by atoms with Crippen molar-refractivity contribution in [1.29, 1.82) is 0 Å². The highest BCUT2D eigenvalue weighted by Crippen LogP contribution is 2.28. The van der Waals surface area contributed by atoms with E-state index in [-0.39, 0.29) is 12.2 Å². The molecule has 0 amide bonds. The highest BCUT2D eigenvalue weighted by Gasteiger charge is 2.18. The number of hydrogen-bond donors (Lipinski definition) is 0. The van der Waals surface area contributed by atoms with E-state index in [2.05, 4.69) is 4.98 Å². The van der Waals surface area contributed by atoms with Crippen molar-refractivity contribution in [3.8, 4) is 0 Å². The zero-order valence-corrected chi connectivity index (χ0v) is 17.1. The van der Waals surface area contributed by atoms with Crippen LogP contribution < -0.4 is 5.56 Å². The molecule has 0 saturated heterocycles. The van der Waals surface area contributed by atoms with Crippen LogP contribution in [0.4, 0.5) is 0 Å². The van der Waals surface area contributed by atoms with Gasteiger partial charge in [0, 0.05) is 27.6 Å². The van der Waals surface area contributed by atoms with Gasteiger partial charge in [0.15, 0.2) is 4.96 Å². The lowest BCUT2D eigenvalue weighted by atomic mass is 10.0. The summed E-state index contributed by atoms with van der Waals surface area (Å²) in [5, 5.41) is 0. The second-order valence-corrected chi connectivity index (χ2v) is 8.54. The minimum absolute atomic E-state index is 0.0110. The average Bonchev–Trinajstić information content (AvgIpc) is 3.10. The number of hydrogen-bond acceptors (Lipinski definition) is 6. The number of carbonyl (C=O) groups excluding carboxylic acids is 1. The van der Waals surface area contributed by atoms with Crippen LogP contribution in [-0.4, -0.2) is 21.6 Å². The molecule has 2 aromatic heterocycles. The van der Waals surface area contributed by atoms with Crippen molar-refractivity contribution in [2.75, 3.05) is 6.26 Å². The Bertz CT molecular complexity index is 1100. The van der Waals surface area contributed by atoms with Gasteiger partial charge < -0.3 is 4.74 Å². The van der Waals surface area contributed by atoms with Gasteiger partial charge in [0.25, 0.3) is 5.56 Å². The molecule has 2 heterocycles. The van der Waals surface area contributed by atoms with E-state index < -0.39 is 5.97 Å². The summed E-state index contributed by atoms with van der Waals surface area (Å²) in [5.41, 5.74) is 2.41. The van der Waals surface area contributed by atoms with Crippen LogP contribution >= 0.6 is 23.1 Å². The van der Waals surface area contributed by atoms with E-state index in [4.69, 9.17) is 4.74 Å². The van der Waals surface area contributed by atoms with Gasteiger partial charge in [-0.3, -0.25) is 9.20 Å². The molecular weight excluding hydrogens is 392 g/mol. The first-order valence-electron chi connectivity index (χ1n) is 9.16. The zero-order valence-electron chi connectivity index (χ0n) is 15.5. The lowest BCUT2D eigenvalue weighted by molar-refractivity contribution is -0.139. The molecule has 0 bridgehead atoms. The minimum Gasteiger partial charge on any atom is -0.456 e. The number of thiazole rings is 1. The van der Waals surface area contributed by atoms with Gasteiger partial charge in [-0.25, -0.2) is 9.78 Å². The van der Waals surface area contributed by atoms with Gasteiger partial charge in [-0.15, -0.1) is 23.1 Å². The van der Waals surface area contributed by atoms with Crippen molar-refractivity contribution in [2.45, 2.75) is 37.2 Å². The number of fused-ring (bicyclic) bond motifs is 3. The number of esters is 1. The summed E-state index contributed by atoms with van der Waals surface area (Å²) in [6.45, 7) is -0.0110. The fourth-order valence-electron chi connectivity index (χ4n) is 3.29. The number of thioether (sulfide) groups is 1. The van der Waals surface area contributed by atoms with Crippen LogP contribution in [0.5, 0.6) is 0 Å². The topological polar surface area (TPSA) is 60.7 Å². The Hall–Kier alpha value is -2.38. The molecule has 4 rings (SSSR count). The second-order valence-electron chi connectivity index (χ2n) is 6.60. The number of carbonyl (C=O) groups is 1. The molecule has 28 heavy (non-hydrogen) atoms. The molecule has 0 saturated carbocycles. The third kappa shape index (κ3) is 4.05. The van der Waals surface area contributed by atoms with Crippen molar-refractivity contribution in [2.24, 2.45) is 0 Å². The fourth-order valence-corrected chi connectivity index (χ4v) is 4.93. The lowest BCUT2D eigenvalue weighted by Crippen LogP contribution is -2.18. The van der Waals surface area contributed by atoms with Crippen LogP contribution in [0.1, 0.15) is 34.7 Å². The van der Waals surface area contributed by atoms with E-state index in [1.807, 2.05) is 30.5 Å². The van der Waals surface area contributed by atoms with Crippen molar-refractivity contribution < 1.29 is 9.53 Å². The predicted octanol–water partition coefficient (Wildman–Crippen LogP) is 4.11. The molecule has 0 fully saturated rings. The van der Waals surface area contributed by atoms with Crippen molar-refractivity contribution >= 4 is 40.1 Å². The molecule has 1 aromatic carbocycles. The van der Waals surface area contributed by atoms with Gasteiger partial charge >= 0.3 is 5.97 Å². The van der Waals surface area contributed by atoms with Crippen LogP contribution in [0.2, 0.25) is 0 Å². The molecule has 0 atom stereocenters. The quantitative estimate of drug-likeness (QED) is 0.358. The normalized spacial score (nSPS) is 13.8. The van der Waals surface area contributed by atoms with Crippen LogP contribution in [0.3, 0.4) is 0 Å². The molecular formula is C21H20N2O3S2. The van der Waals surface area contributed by atoms with Crippen LogP contribution in [0.15, 0.2) is 46.1 Å². The summed E-state index contributed by atoms with van der Waals surface area (Å²) >= 11 is 3.24. The van der Waals surface area contributed by atoms with E-state index in [0.29, 0.717) is 10.7 Å². The number of benzene rings is 1. The summed E-state index contributed by atoms with van der Waals surface area (Å²) in [7, 11) is 0. The van der Waals surface area contributed by atoms with E-state index in [1.54, 1.807) is 33.6 Å². The van der Waals surface area contributed by atoms with Gasteiger partial charge in [-0.2, -0.15) is 0 Å². The summed E-state index contributed by atoms with van der Waals surface area (Å²) in [5.74, 6) is -0.457. The van der Waals surface area contributed by atoms with Crippen LogP contribution in [0.25, 0.3) is 11.0 Å². The SMILES string of the molecule is CSc1ccc(/C=C/C(=O)OCc2cc(=O)n3c4c(sc3n2)CCCC4)cc1. The first kappa shape index (κ1) is 19.0. The monoisotopic (exact) mass is 412 g/mol. The first-order chi connectivity index (χ1) is 13.6. The van der Waals surface area contributed by atoms with E-state index in [9.17, 15) is 9.59 Å². The van der Waals surface area contributed by atoms with Crippen LogP contribution in [0, 0.1) is 0 Å². The van der Waals surface area contributed by atoms with Gasteiger partial charge in [-0.1, -0.05) is 12.1 Å². The molecule has 1 aliphatic rings. The van der Waals surface area contributed by atoms with E-state index >= 15 is 0 Å². The fraction of sp³-hybridized carbons (Fsp3) is 0.286. The van der Waals surface area contributed by atoms with Crippen molar-refractivity contribution in [3.63, 3.8) is 0 Å². The van der Waals surface area contributed by atoms with E-state index in [1.165, 1.54) is 21.9 Å². The molecule has 0 N–H and O–H groups in total. The average molecular weight is 413 g/mol. The van der Waals surface area contributed by atoms with Crippen LogP contribution in [-0.2, 0) is 29.0 Å². The van der Waals surface area contributed by atoms with Gasteiger partial charge in [0.1, 0.15) is 6.61 Å². The van der Waals surface area contributed by atoms with Crippen molar-refractivity contribution in [1.82, 2.24) is 9.38 Å². The standard InChI is InChI=1S/C21H20N2O3S2/c1-27-16-9-6-14(7-10-16)8-11-20(25)26-13-15-12-19(24)23-17-4-2-3-5-18(17)28-21(23)22-15/h6-12H,2-5,13H2,1H3/b11-8+. The molecule has 0 unspecified atom stereocenters. The smallest absolute Gasteiger partial charge is 0.331 e. The third-order valence-electron chi connectivity index (χ3n) is 4.70. The Kier molecular flexibility index (Phi) is 5.64. The number of rotatable bonds is 5. The maximum absolute atomic E-state index is 12.5. The Morgan fingerprint density at radius 2 is 2.07 bits per heavy atom. The number of aromatic nitrogens is 2. The molecule has 0 aliphatic heterocycles. The maximum Gasteiger partial charge on any atom is 0.331 e. The number of ether oxygens (including phenoxy) is 1. The maximum atomic E-state index is 12.5. The molecule has 1 aliphatic carbocycles. The molecule has 0 radical (unpaired) electrons. The summed E-state index contributed by atoms with van der Waals surface area (Å²) in [6.07, 6.45) is 9.32. The minimum atomic E-state index is -0.457. The van der Waals surface area contributed by atoms with Gasteiger partial charge in [0.05, 0.1) is 5.69 Å². The lowest BCUT2D eigenvalue weighted by Gasteiger charge is -2.10. The van der Waals surface area contributed by atoms with Crippen molar-refractivity contribution in [3.05, 3.63) is 68.6 Å². The largest absolute Gasteiger partial charge is 0.456 e. The second kappa shape index (κ2) is 8.32. The first-order valence-corrected chi connectivity index (χ1v) is 11.2. The number of nitrogens with zero attached hydrogens (tertiary/aromatic N) is 2. The Balaban J connectivity index is 1.44. The summed E-state index contributed by atoms with van der Waals surface area (Å²) < 4.78 is 6.98. The third-order valence-corrected chi connectivity index (χ3v) is 6.59. The Morgan fingerprint density at radius 1 is 1.29 bits per heavy atom. The zero-order chi connectivity index (χ0) is 19.5. The highest BCUT2D eigenvalue weighted by molar-refractivity contribution is 7.98. The Labute approximate surface area is 171 Å². The van der Waals surface area contributed by atoms with E-state index in [0.717, 1.165) is 36.9 Å². The molecule has 3 aromatic rings. The van der Waals surface area contributed by atoms with Gasteiger partial charge in [-0.05, 0) is 55.7 Å². The molecule has 7 heteroatoms.